The van der Waals surface area contributed by atoms with Crippen LogP contribution in [0.2, 0.25) is 0 Å². The van der Waals surface area contributed by atoms with Crippen LogP contribution in [0.15, 0.2) is 15.8 Å². The molecule has 18 nitrogen and oxygen atoms in total. The molecule has 2 saturated heterocycles. The molecule has 2 fully saturated rings. The van der Waals surface area contributed by atoms with Gasteiger partial charge in [0.1, 0.15) is 24.5 Å². The minimum Gasteiger partial charge on any atom is -0.390 e. The van der Waals surface area contributed by atoms with E-state index in [1.807, 2.05) is 0 Å². The van der Waals surface area contributed by atoms with E-state index >= 15 is 0 Å². The molecule has 2 unspecified atom stereocenters. The zero-order valence-corrected chi connectivity index (χ0v) is 22.1. The van der Waals surface area contributed by atoms with Crippen LogP contribution in [0, 0.1) is 6.92 Å². The van der Waals surface area contributed by atoms with Gasteiger partial charge in [0.05, 0.1) is 24.9 Å². The molecule has 3 heterocycles. The summed E-state index contributed by atoms with van der Waals surface area (Å²) in [6.45, 7) is 3.02. The molecule has 10 atom stereocenters. The fourth-order valence-electron chi connectivity index (χ4n) is 3.84. The number of rotatable bonds is 9. The predicted octanol–water partition coefficient (Wildman–Crippen LogP) is -2.28. The van der Waals surface area contributed by atoms with Crippen LogP contribution in [-0.2, 0) is 36.8 Å². The number of hydrogen-bond acceptors (Lipinski definition) is 13. The molecule has 0 aromatic carbocycles. The van der Waals surface area contributed by atoms with Crippen molar-refractivity contribution in [2.75, 3.05) is 6.61 Å². The number of aliphatic hydroxyl groups is 3. The molecule has 1 aromatic heterocycles. The maximum atomic E-state index is 12.4. The number of carbonyl (C=O) groups is 1. The first-order valence-corrected chi connectivity index (χ1v) is 14.1. The molecule has 20 heteroatoms. The number of nitrogens with zero attached hydrogens (tertiary/aromatic N) is 1. The van der Waals surface area contributed by atoms with Gasteiger partial charge in [-0.25, -0.2) is 13.9 Å². The number of H-pyrrole nitrogens is 1. The molecule has 7 N–H and O–H groups in total. The number of carbonyl (C=O) groups excluding carboxylic acids is 1. The molecule has 0 saturated carbocycles. The van der Waals surface area contributed by atoms with Crippen molar-refractivity contribution in [3.05, 3.63) is 32.6 Å². The number of aromatic nitrogens is 2. The molecule has 2 aliphatic heterocycles. The first-order chi connectivity index (χ1) is 17.5. The molecule has 216 valence electrons. The first-order valence-electron chi connectivity index (χ1n) is 11.1. The maximum Gasteiger partial charge on any atom is 0.483 e. The molecule has 3 rings (SSSR count). The van der Waals surface area contributed by atoms with E-state index in [1.54, 1.807) is 0 Å². The number of hydrogen-bond donors (Lipinski definition) is 7. The van der Waals surface area contributed by atoms with Crippen LogP contribution >= 0.6 is 15.6 Å². The van der Waals surface area contributed by atoms with Crippen LogP contribution in [0.3, 0.4) is 0 Å². The van der Waals surface area contributed by atoms with Gasteiger partial charge in [-0.05, 0) is 13.8 Å². The lowest BCUT2D eigenvalue weighted by Gasteiger charge is -2.41. The molecule has 0 spiro atoms. The summed E-state index contributed by atoms with van der Waals surface area (Å²) >= 11 is 0. The highest BCUT2D eigenvalue weighted by Gasteiger charge is 2.48. The molecule has 0 aliphatic carbocycles. The number of phosphoric acid groups is 2. The monoisotopic (exact) mass is 589 g/mol. The molecule has 1 amide bonds. The Hall–Kier alpha value is -1.79. The standard InChI is InChI=1S/C18H29N3O15P2/c1-7-5-21(18(27)20-16(7)26)12-4-10(23)11(34-12)6-32-37(28,29)36-38(30,31)35-17-15(25)13(19-9(3)22)14(24)8(2)33-17/h5,8,10-15,17,23-25H,4,6H2,1-3H3,(H,19,22)(H,28,29)(H,30,31)(H,20,26,27)/t8-,10+,11-,12-,13+,14-,15-,17-/m1/s1. The number of aliphatic hydroxyl groups excluding tert-OH is 3. The summed E-state index contributed by atoms with van der Waals surface area (Å²) in [5.41, 5.74) is -1.24. The predicted molar refractivity (Wildman–Crippen MR) is 122 cm³/mol. The summed E-state index contributed by atoms with van der Waals surface area (Å²) in [5.74, 6) is -0.642. The molecule has 1 aromatic rings. The van der Waals surface area contributed by atoms with E-state index in [4.69, 9.17) is 9.47 Å². The topological polar surface area (TPSA) is 265 Å². The van der Waals surface area contributed by atoms with Crippen molar-refractivity contribution in [3.63, 3.8) is 0 Å². The highest BCUT2D eigenvalue weighted by atomic mass is 31.3. The minimum absolute atomic E-state index is 0.159. The lowest BCUT2D eigenvalue weighted by Crippen LogP contribution is -2.63. The zero-order chi connectivity index (χ0) is 28.6. The summed E-state index contributed by atoms with van der Waals surface area (Å²) < 4.78 is 49.8. The average molecular weight is 589 g/mol. The van der Waals surface area contributed by atoms with Crippen molar-refractivity contribution in [2.45, 2.75) is 76.3 Å². The Morgan fingerprint density at radius 3 is 2.47 bits per heavy atom. The van der Waals surface area contributed by atoms with Crippen LogP contribution in [0.1, 0.15) is 32.1 Å². The van der Waals surface area contributed by atoms with Gasteiger partial charge in [0.2, 0.25) is 5.91 Å². The van der Waals surface area contributed by atoms with Gasteiger partial charge in [-0.2, -0.15) is 4.31 Å². The quantitative estimate of drug-likeness (QED) is 0.150. The van der Waals surface area contributed by atoms with Crippen LogP contribution in [0.5, 0.6) is 0 Å². The van der Waals surface area contributed by atoms with Crippen LogP contribution < -0.4 is 16.6 Å². The van der Waals surface area contributed by atoms with Crippen molar-refractivity contribution >= 4 is 21.6 Å². The number of aryl methyl sites for hydroxylation is 1. The summed E-state index contributed by atoms with van der Waals surface area (Å²) in [6.07, 6.45) is -8.98. The molecule has 38 heavy (non-hydrogen) atoms. The molecule has 2 aliphatic rings. The minimum atomic E-state index is -5.48. The van der Waals surface area contributed by atoms with E-state index < -0.39 is 88.5 Å². The van der Waals surface area contributed by atoms with Crippen molar-refractivity contribution < 1.29 is 61.9 Å². The summed E-state index contributed by atoms with van der Waals surface area (Å²) in [4.78, 5) is 56.9. The Morgan fingerprint density at radius 2 is 1.84 bits per heavy atom. The normalized spacial score (nSPS) is 34.8. The van der Waals surface area contributed by atoms with Crippen molar-refractivity contribution in [1.29, 1.82) is 0 Å². The van der Waals surface area contributed by atoms with Crippen molar-refractivity contribution in [3.8, 4) is 0 Å². The first kappa shape index (κ1) is 30.7. The second kappa shape index (κ2) is 11.8. The average Bonchev–Trinajstić information content (AvgIpc) is 3.15. The number of phosphoric ester groups is 2. The fourth-order valence-corrected chi connectivity index (χ4v) is 5.99. The molecule has 0 bridgehead atoms. The van der Waals surface area contributed by atoms with E-state index in [0.717, 1.165) is 11.5 Å². The Balaban J connectivity index is 1.60. The highest BCUT2D eigenvalue weighted by Crippen LogP contribution is 2.61. The second-order valence-electron chi connectivity index (χ2n) is 8.75. The van der Waals surface area contributed by atoms with Gasteiger partial charge in [0.15, 0.2) is 6.29 Å². The third-order valence-corrected chi connectivity index (χ3v) is 8.32. The summed E-state index contributed by atoms with van der Waals surface area (Å²) in [7, 11) is -10.8. The van der Waals surface area contributed by atoms with Gasteiger partial charge >= 0.3 is 21.3 Å². The van der Waals surface area contributed by atoms with Gasteiger partial charge in [0, 0.05) is 25.1 Å². The van der Waals surface area contributed by atoms with Gasteiger partial charge < -0.3 is 39.9 Å². The Kier molecular flexibility index (Phi) is 9.51. The fraction of sp³-hybridized carbons (Fsp3) is 0.722. The second-order valence-corrected chi connectivity index (χ2v) is 11.7. The smallest absolute Gasteiger partial charge is 0.390 e. The highest BCUT2D eigenvalue weighted by molar-refractivity contribution is 7.61. The van der Waals surface area contributed by atoms with Crippen molar-refractivity contribution in [2.24, 2.45) is 0 Å². The molecular weight excluding hydrogens is 560 g/mol. The van der Waals surface area contributed by atoms with Crippen molar-refractivity contribution in [1.82, 2.24) is 14.9 Å². The van der Waals surface area contributed by atoms with Crippen LogP contribution in [-0.4, -0.2) is 90.0 Å². The number of aromatic amines is 1. The van der Waals surface area contributed by atoms with Crippen LogP contribution in [0.25, 0.3) is 0 Å². The third-order valence-electron chi connectivity index (χ3n) is 5.72. The number of nitrogens with one attached hydrogen (secondary N) is 2. The van der Waals surface area contributed by atoms with E-state index in [9.17, 15) is 48.6 Å². The van der Waals surface area contributed by atoms with E-state index in [-0.39, 0.29) is 12.0 Å². The molecule has 0 radical (unpaired) electrons. The Bertz CT molecular complexity index is 1240. The number of amides is 1. The van der Waals surface area contributed by atoms with E-state index in [1.165, 1.54) is 20.0 Å². The van der Waals surface area contributed by atoms with Gasteiger partial charge in [-0.3, -0.25) is 28.2 Å². The Morgan fingerprint density at radius 1 is 1.18 bits per heavy atom. The number of ether oxygens (including phenoxy) is 2. The van der Waals surface area contributed by atoms with E-state index in [0.29, 0.717) is 0 Å². The van der Waals surface area contributed by atoms with E-state index in [2.05, 4.69) is 23.7 Å². The zero-order valence-electron chi connectivity index (χ0n) is 20.3. The largest absolute Gasteiger partial charge is 0.483 e. The Labute approximate surface area is 214 Å². The summed E-state index contributed by atoms with van der Waals surface area (Å²) in [6, 6.07) is -1.37. The third kappa shape index (κ3) is 7.44. The van der Waals surface area contributed by atoms with Gasteiger partial charge in [-0.15, -0.1) is 0 Å². The SMILES string of the molecule is CC(=O)N[C@@H]1[C@@H](O)[C@@H](OP(=O)(O)OP(=O)(O)OC[C@H]2O[C@@H](n3cc(C)c(=O)[nH]c3=O)C[C@@H]2O)O[C@H](C)[C@H]1O. The lowest BCUT2D eigenvalue weighted by molar-refractivity contribution is -0.244. The van der Waals surface area contributed by atoms with Gasteiger partial charge in [-0.1, -0.05) is 0 Å². The lowest BCUT2D eigenvalue weighted by atomic mass is 9.97. The van der Waals surface area contributed by atoms with Gasteiger partial charge in [0.25, 0.3) is 5.56 Å². The van der Waals surface area contributed by atoms with Crippen LogP contribution in [0.4, 0.5) is 0 Å². The summed E-state index contributed by atoms with van der Waals surface area (Å²) in [5, 5.41) is 32.9. The maximum absolute atomic E-state index is 12.4. The molecular formula is C18H29N3O15P2.